The molecule has 1 aromatic carbocycles. The highest BCUT2D eigenvalue weighted by Crippen LogP contribution is 2.35. The van der Waals surface area contributed by atoms with Crippen LogP contribution in [-0.4, -0.2) is 37.3 Å². The number of nitrogens with zero attached hydrogens (tertiary/aromatic N) is 7. The van der Waals surface area contributed by atoms with Crippen LogP contribution in [-0.2, 0) is 17.1 Å². The second-order valence-corrected chi connectivity index (χ2v) is 9.66. The number of hydrogen-bond acceptors (Lipinski definition) is 8. The van der Waals surface area contributed by atoms with Crippen molar-refractivity contribution < 1.29 is 8.42 Å². The first kappa shape index (κ1) is 23.2. The normalized spacial score (nSPS) is 16.3. The smallest absolute Gasteiger partial charge is 0.251 e. The molecule has 168 valence electrons. The first-order valence-corrected chi connectivity index (χ1v) is 12.3. The summed E-state index contributed by atoms with van der Waals surface area (Å²) >= 11 is 0. The zero-order chi connectivity index (χ0) is 23.3. The van der Waals surface area contributed by atoms with E-state index in [1.165, 1.54) is 23.8 Å². The number of hydrogen-bond donors (Lipinski definition) is 1. The second-order valence-electron chi connectivity index (χ2n) is 7.91. The van der Waals surface area contributed by atoms with Crippen LogP contribution in [0.1, 0.15) is 44.0 Å². The van der Waals surface area contributed by atoms with E-state index in [0.717, 1.165) is 31.5 Å². The van der Waals surface area contributed by atoms with Crippen LogP contribution in [0.5, 0.6) is 0 Å². The van der Waals surface area contributed by atoms with Crippen molar-refractivity contribution in [3.63, 3.8) is 0 Å². The third-order valence-electron chi connectivity index (χ3n) is 5.42. The molecule has 2 aromatic rings. The van der Waals surface area contributed by atoms with E-state index in [1.807, 2.05) is 18.2 Å². The lowest BCUT2D eigenvalue weighted by Crippen LogP contribution is -2.20. The van der Waals surface area contributed by atoms with E-state index in [2.05, 4.69) is 31.8 Å². The molecule has 1 unspecified atom stereocenters. The van der Waals surface area contributed by atoms with Crippen molar-refractivity contribution in [2.75, 3.05) is 29.0 Å². The van der Waals surface area contributed by atoms with Gasteiger partial charge in [-0.3, -0.25) is 4.72 Å². The van der Waals surface area contributed by atoms with Crippen LogP contribution in [0.25, 0.3) is 0 Å². The Kier molecular flexibility index (Phi) is 7.11. The Morgan fingerprint density at radius 2 is 2.06 bits per heavy atom. The fourth-order valence-corrected chi connectivity index (χ4v) is 4.33. The predicted molar refractivity (Wildman–Crippen MR) is 122 cm³/mol. The summed E-state index contributed by atoms with van der Waals surface area (Å²) in [4.78, 5) is 6.26. The minimum atomic E-state index is -3.54. The average Bonchev–Trinajstić information content (AvgIpc) is 3.34. The highest BCUT2D eigenvalue weighted by atomic mass is 32.2. The molecule has 0 amide bonds. The van der Waals surface area contributed by atoms with Gasteiger partial charge in [0.05, 0.1) is 11.9 Å². The van der Waals surface area contributed by atoms with E-state index < -0.39 is 10.0 Å². The molecule has 0 radical (unpaired) electrons. The summed E-state index contributed by atoms with van der Waals surface area (Å²) in [6.07, 6.45) is 5.80. The Balaban J connectivity index is 1.90. The molecular formula is C21H26N8O2S. The first-order chi connectivity index (χ1) is 15.3. The molecule has 0 saturated carbocycles. The molecular weight excluding hydrogens is 428 g/mol. The molecule has 1 atom stereocenters. The number of nitriles is 2. The third-order valence-corrected chi connectivity index (χ3v) is 6.01. The van der Waals surface area contributed by atoms with Crippen molar-refractivity contribution in [1.29, 1.82) is 10.5 Å². The van der Waals surface area contributed by atoms with Gasteiger partial charge in [0.2, 0.25) is 10.0 Å². The first-order valence-electron chi connectivity index (χ1n) is 10.4. The SMILES string of the molecule is CCCCC1CCN(c2ccc(N=Nc3nc(C#N)c(C#N)n3C)c(NS(C)(=O)=O)c2)C1. The quantitative estimate of drug-likeness (QED) is 0.599. The maximum absolute atomic E-state index is 11.9. The molecule has 1 aromatic heterocycles. The van der Waals surface area contributed by atoms with Crippen molar-refractivity contribution in [3.8, 4) is 12.1 Å². The molecule has 2 heterocycles. The highest BCUT2D eigenvalue weighted by molar-refractivity contribution is 7.92. The highest BCUT2D eigenvalue weighted by Gasteiger charge is 2.23. The van der Waals surface area contributed by atoms with E-state index >= 15 is 0 Å². The molecule has 11 heteroatoms. The van der Waals surface area contributed by atoms with Crippen LogP contribution in [0.15, 0.2) is 28.4 Å². The van der Waals surface area contributed by atoms with Gasteiger partial charge in [-0.05, 0) is 37.0 Å². The fraction of sp³-hybridized carbons (Fsp3) is 0.476. The van der Waals surface area contributed by atoms with E-state index in [4.69, 9.17) is 5.26 Å². The molecule has 1 fully saturated rings. The number of unbranched alkanes of at least 4 members (excludes halogenated alkanes) is 1. The van der Waals surface area contributed by atoms with Crippen molar-refractivity contribution in [1.82, 2.24) is 9.55 Å². The van der Waals surface area contributed by atoms with Crippen LogP contribution in [0.2, 0.25) is 0 Å². The Morgan fingerprint density at radius 1 is 1.28 bits per heavy atom. The van der Waals surface area contributed by atoms with Crippen LogP contribution < -0.4 is 9.62 Å². The summed E-state index contributed by atoms with van der Waals surface area (Å²) in [6.45, 7) is 4.06. The molecule has 32 heavy (non-hydrogen) atoms. The third kappa shape index (κ3) is 5.42. The largest absolute Gasteiger partial charge is 0.371 e. The van der Waals surface area contributed by atoms with E-state index in [-0.39, 0.29) is 17.3 Å². The Labute approximate surface area is 188 Å². The Bertz CT molecular complexity index is 1200. The fourth-order valence-electron chi connectivity index (χ4n) is 3.77. The lowest BCUT2D eigenvalue weighted by Gasteiger charge is -2.20. The molecule has 0 aliphatic carbocycles. The summed E-state index contributed by atoms with van der Waals surface area (Å²) in [6, 6.07) is 9.11. The minimum Gasteiger partial charge on any atom is -0.371 e. The van der Waals surface area contributed by atoms with Gasteiger partial charge in [-0.25, -0.2) is 8.42 Å². The van der Waals surface area contributed by atoms with Crippen LogP contribution in [0.4, 0.5) is 23.0 Å². The minimum absolute atomic E-state index is 0.0413. The van der Waals surface area contributed by atoms with Gasteiger partial charge in [-0.1, -0.05) is 19.8 Å². The number of anilines is 2. The number of azo groups is 1. The molecule has 1 aliphatic rings. The molecule has 10 nitrogen and oxygen atoms in total. The Morgan fingerprint density at radius 3 is 2.69 bits per heavy atom. The van der Waals surface area contributed by atoms with Gasteiger partial charge in [-0.15, -0.1) is 10.2 Å². The van der Waals surface area contributed by atoms with Crippen molar-refractivity contribution in [2.24, 2.45) is 23.2 Å². The number of benzene rings is 1. The number of rotatable bonds is 8. The Hall–Kier alpha value is -3.44. The van der Waals surface area contributed by atoms with E-state index in [1.54, 1.807) is 19.2 Å². The van der Waals surface area contributed by atoms with Crippen LogP contribution >= 0.6 is 0 Å². The van der Waals surface area contributed by atoms with Gasteiger partial charge in [0.15, 0.2) is 11.4 Å². The topological polar surface area (TPSA) is 140 Å². The molecule has 0 spiro atoms. The summed E-state index contributed by atoms with van der Waals surface area (Å²) in [5, 5.41) is 26.5. The monoisotopic (exact) mass is 454 g/mol. The molecule has 3 rings (SSSR count). The number of nitrogens with one attached hydrogen (secondary N) is 1. The summed E-state index contributed by atoms with van der Waals surface area (Å²) in [5.41, 5.74) is 1.57. The van der Waals surface area contributed by atoms with Gasteiger partial charge in [0.1, 0.15) is 17.8 Å². The van der Waals surface area contributed by atoms with Crippen molar-refractivity contribution >= 4 is 33.0 Å². The molecule has 1 N–H and O–H groups in total. The zero-order valence-corrected chi connectivity index (χ0v) is 19.2. The average molecular weight is 455 g/mol. The summed E-state index contributed by atoms with van der Waals surface area (Å²) in [5.74, 6) is 0.721. The molecule has 0 bridgehead atoms. The van der Waals surface area contributed by atoms with Gasteiger partial charge in [0, 0.05) is 25.8 Å². The maximum Gasteiger partial charge on any atom is 0.251 e. The number of aromatic nitrogens is 2. The van der Waals surface area contributed by atoms with Gasteiger partial charge in [-0.2, -0.15) is 15.5 Å². The number of sulfonamides is 1. The van der Waals surface area contributed by atoms with Gasteiger partial charge in [0.25, 0.3) is 5.95 Å². The zero-order valence-electron chi connectivity index (χ0n) is 18.4. The predicted octanol–water partition coefficient (Wildman–Crippen LogP) is 3.97. The lowest BCUT2D eigenvalue weighted by atomic mass is 10.0. The summed E-state index contributed by atoms with van der Waals surface area (Å²) < 4.78 is 27.7. The van der Waals surface area contributed by atoms with Crippen molar-refractivity contribution in [2.45, 2.75) is 32.6 Å². The second kappa shape index (κ2) is 9.79. The summed E-state index contributed by atoms with van der Waals surface area (Å²) in [7, 11) is -1.98. The molecule has 1 aliphatic heterocycles. The van der Waals surface area contributed by atoms with Crippen LogP contribution in [0.3, 0.4) is 0 Å². The standard InChI is InChI=1S/C21H26N8O2S/c1-4-5-6-15-9-10-29(14-15)16-7-8-17(18(11-16)27-32(3,30)31)25-26-21-24-19(12-22)20(13-23)28(21)2/h7-8,11,15,27H,4-6,9-10,14H2,1-3H3. The van der Waals surface area contributed by atoms with Gasteiger partial charge < -0.3 is 9.47 Å². The van der Waals surface area contributed by atoms with Gasteiger partial charge >= 0.3 is 0 Å². The van der Waals surface area contributed by atoms with Crippen LogP contribution in [0, 0.1) is 28.6 Å². The van der Waals surface area contributed by atoms with E-state index in [9.17, 15) is 13.7 Å². The maximum atomic E-state index is 11.9. The number of imidazole rings is 1. The van der Waals surface area contributed by atoms with E-state index in [0.29, 0.717) is 17.3 Å². The molecule has 1 saturated heterocycles. The lowest BCUT2D eigenvalue weighted by molar-refractivity contribution is 0.510. The van der Waals surface area contributed by atoms with Crippen molar-refractivity contribution in [3.05, 3.63) is 29.6 Å².